The van der Waals surface area contributed by atoms with Crippen LogP contribution in [-0.2, 0) is 0 Å². The first-order valence-corrected chi connectivity index (χ1v) is 8.06. The maximum absolute atomic E-state index is 12.1. The van der Waals surface area contributed by atoms with Gasteiger partial charge in [-0.15, -0.1) is 0 Å². The predicted octanol–water partition coefficient (Wildman–Crippen LogP) is 2.29. The number of nitrogens with one attached hydrogen (secondary N) is 1. The highest BCUT2D eigenvalue weighted by atomic mass is 32.2. The van der Waals surface area contributed by atoms with Gasteiger partial charge in [-0.2, -0.15) is 11.8 Å². The van der Waals surface area contributed by atoms with Crippen LogP contribution in [0.4, 0.5) is 0 Å². The number of thioether (sulfide) groups is 1. The zero-order valence-electron chi connectivity index (χ0n) is 12.0. The first kappa shape index (κ1) is 16.6. The number of benzene rings is 1. The fourth-order valence-corrected chi connectivity index (χ4v) is 2.22. The smallest absolute Gasteiger partial charge is 0.251 e. The third-order valence-corrected chi connectivity index (χ3v) is 3.37. The molecule has 1 aromatic rings. The monoisotopic (exact) mass is 291 g/mol. The van der Waals surface area contributed by atoms with E-state index in [0.717, 1.165) is 17.7 Å². The van der Waals surface area contributed by atoms with E-state index in [-0.39, 0.29) is 18.6 Å². The molecule has 4 heteroatoms. The number of carbonyl (C=O) groups excluding carboxylic acids is 1. The zero-order valence-corrected chi connectivity index (χ0v) is 12.8. The van der Waals surface area contributed by atoms with Crippen molar-refractivity contribution in [1.82, 2.24) is 5.32 Å². The van der Waals surface area contributed by atoms with Crippen LogP contribution < -0.4 is 5.32 Å². The predicted molar refractivity (Wildman–Crippen MR) is 85.0 cm³/mol. The molecule has 0 bridgehead atoms. The summed E-state index contributed by atoms with van der Waals surface area (Å²) in [6.07, 6.45) is 3.47. The molecule has 1 amide bonds. The van der Waals surface area contributed by atoms with Gasteiger partial charge < -0.3 is 10.4 Å². The van der Waals surface area contributed by atoms with E-state index < -0.39 is 0 Å². The van der Waals surface area contributed by atoms with Gasteiger partial charge in [-0.05, 0) is 43.6 Å². The molecule has 0 aliphatic rings. The second-order valence-electron chi connectivity index (χ2n) is 4.51. The van der Waals surface area contributed by atoms with E-state index in [1.165, 1.54) is 0 Å². The molecule has 0 saturated heterocycles. The summed E-state index contributed by atoms with van der Waals surface area (Å²) in [5, 5.41) is 11.7. The number of aliphatic hydroxyl groups is 1. The number of rotatable bonds is 6. The summed E-state index contributed by atoms with van der Waals surface area (Å²) >= 11 is 1.78. The third-order valence-electron chi connectivity index (χ3n) is 2.73. The Labute approximate surface area is 125 Å². The minimum absolute atomic E-state index is 0.0557. The van der Waals surface area contributed by atoms with Crippen LogP contribution in [0.3, 0.4) is 0 Å². The van der Waals surface area contributed by atoms with Crippen LogP contribution in [-0.4, -0.2) is 35.7 Å². The lowest BCUT2D eigenvalue weighted by Crippen LogP contribution is -2.32. The summed E-state index contributed by atoms with van der Waals surface area (Å²) in [6, 6.07) is 7.41. The van der Waals surface area contributed by atoms with E-state index in [2.05, 4.69) is 23.4 Å². The number of hydrogen-bond acceptors (Lipinski definition) is 3. The van der Waals surface area contributed by atoms with E-state index in [1.54, 1.807) is 23.9 Å². The van der Waals surface area contributed by atoms with Gasteiger partial charge in [0.15, 0.2) is 0 Å². The summed E-state index contributed by atoms with van der Waals surface area (Å²) in [5.41, 5.74) is 1.42. The van der Waals surface area contributed by atoms with Crippen molar-refractivity contribution >= 4 is 17.7 Å². The highest BCUT2D eigenvalue weighted by molar-refractivity contribution is 7.98. The molecule has 0 radical (unpaired) electrons. The lowest BCUT2D eigenvalue weighted by Gasteiger charge is -2.13. The van der Waals surface area contributed by atoms with Crippen LogP contribution in [0.25, 0.3) is 0 Å². The molecule has 20 heavy (non-hydrogen) atoms. The molecule has 1 unspecified atom stereocenters. The van der Waals surface area contributed by atoms with Crippen LogP contribution in [0.15, 0.2) is 24.3 Å². The van der Waals surface area contributed by atoms with Crippen LogP contribution in [0.1, 0.15) is 35.7 Å². The second-order valence-corrected chi connectivity index (χ2v) is 5.50. The minimum Gasteiger partial charge on any atom is -0.395 e. The number of amides is 1. The van der Waals surface area contributed by atoms with Crippen LogP contribution in [0.2, 0.25) is 0 Å². The summed E-state index contributed by atoms with van der Waals surface area (Å²) in [4.78, 5) is 12.1. The van der Waals surface area contributed by atoms with E-state index >= 15 is 0 Å². The summed E-state index contributed by atoms with van der Waals surface area (Å²) in [7, 11) is 0. The molecule has 0 spiro atoms. The van der Waals surface area contributed by atoms with Gasteiger partial charge in [0.2, 0.25) is 0 Å². The minimum atomic E-state index is -0.0654. The first-order chi connectivity index (χ1) is 9.67. The zero-order chi connectivity index (χ0) is 14.8. The van der Waals surface area contributed by atoms with E-state index in [9.17, 15) is 4.79 Å². The molecule has 0 heterocycles. The van der Waals surface area contributed by atoms with Crippen LogP contribution in [0, 0.1) is 11.8 Å². The Hall–Kier alpha value is -1.44. The van der Waals surface area contributed by atoms with Gasteiger partial charge in [0.05, 0.1) is 6.61 Å². The highest BCUT2D eigenvalue weighted by Gasteiger charge is 2.09. The fourth-order valence-electron chi connectivity index (χ4n) is 1.63. The molecule has 0 saturated carbocycles. The molecule has 1 aromatic carbocycles. The van der Waals surface area contributed by atoms with Gasteiger partial charge in [-0.3, -0.25) is 4.79 Å². The Morgan fingerprint density at radius 2 is 2.30 bits per heavy atom. The average molecular weight is 291 g/mol. The Balaban J connectivity index is 2.64. The fraction of sp³-hybridized carbons (Fsp3) is 0.438. The van der Waals surface area contributed by atoms with Crippen molar-refractivity contribution in [3.63, 3.8) is 0 Å². The van der Waals surface area contributed by atoms with Crippen molar-refractivity contribution in [3.05, 3.63) is 35.4 Å². The molecule has 1 atom stereocenters. The molecule has 2 N–H and O–H groups in total. The Bertz CT molecular complexity index is 491. The molecule has 108 valence electrons. The van der Waals surface area contributed by atoms with E-state index in [1.807, 2.05) is 19.1 Å². The van der Waals surface area contributed by atoms with Crippen molar-refractivity contribution in [2.24, 2.45) is 0 Å². The third kappa shape index (κ3) is 6.14. The van der Waals surface area contributed by atoms with Crippen LogP contribution >= 0.6 is 11.8 Å². The Morgan fingerprint density at radius 3 is 3.00 bits per heavy atom. The average Bonchev–Trinajstić information content (AvgIpc) is 2.45. The maximum atomic E-state index is 12.1. The van der Waals surface area contributed by atoms with Gasteiger partial charge in [0, 0.05) is 23.6 Å². The van der Waals surface area contributed by atoms with E-state index in [4.69, 9.17) is 5.11 Å². The molecule has 3 nitrogen and oxygen atoms in total. The molecule has 0 aromatic heterocycles. The van der Waals surface area contributed by atoms with E-state index in [0.29, 0.717) is 12.0 Å². The number of carbonyl (C=O) groups is 1. The molecular formula is C16H21NO2S. The van der Waals surface area contributed by atoms with Crippen molar-refractivity contribution in [1.29, 1.82) is 0 Å². The lowest BCUT2D eigenvalue weighted by atomic mass is 10.1. The Morgan fingerprint density at radius 1 is 1.50 bits per heavy atom. The summed E-state index contributed by atoms with van der Waals surface area (Å²) < 4.78 is 0. The molecule has 0 aliphatic carbocycles. The van der Waals surface area contributed by atoms with Gasteiger partial charge >= 0.3 is 0 Å². The van der Waals surface area contributed by atoms with Crippen molar-refractivity contribution in [2.75, 3.05) is 18.6 Å². The van der Waals surface area contributed by atoms with Crippen molar-refractivity contribution in [3.8, 4) is 11.8 Å². The molecule has 0 aliphatic heterocycles. The van der Waals surface area contributed by atoms with Crippen LogP contribution in [0.5, 0.6) is 0 Å². The van der Waals surface area contributed by atoms with Crippen molar-refractivity contribution < 1.29 is 9.90 Å². The van der Waals surface area contributed by atoms with Gasteiger partial charge in [-0.25, -0.2) is 0 Å². The first-order valence-electron chi connectivity index (χ1n) is 6.67. The standard InChI is InChI=1S/C16H21NO2S/c1-13(9-11-20-2)17-16(19)15-8-5-7-14(12-15)6-3-4-10-18/h5,7-8,12-13,18H,4,9-11H2,1-2H3,(H,17,19). The van der Waals surface area contributed by atoms with Gasteiger partial charge in [-0.1, -0.05) is 17.9 Å². The summed E-state index contributed by atoms with van der Waals surface area (Å²) in [5.74, 6) is 6.76. The molecular weight excluding hydrogens is 270 g/mol. The summed E-state index contributed by atoms with van der Waals surface area (Å²) in [6.45, 7) is 2.07. The van der Waals surface area contributed by atoms with Gasteiger partial charge in [0.25, 0.3) is 5.91 Å². The topological polar surface area (TPSA) is 49.3 Å². The molecule has 0 fully saturated rings. The number of aliphatic hydroxyl groups excluding tert-OH is 1. The SMILES string of the molecule is CSCCC(C)NC(=O)c1cccc(C#CCCO)c1. The van der Waals surface area contributed by atoms with Gasteiger partial charge in [0.1, 0.15) is 0 Å². The lowest BCUT2D eigenvalue weighted by molar-refractivity contribution is 0.0939. The normalized spacial score (nSPS) is 11.3. The molecule has 1 rings (SSSR count). The largest absolute Gasteiger partial charge is 0.395 e. The highest BCUT2D eigenvalue weighted by Crippen LogP contribution is 2.06. The maximum Gasteiger partial charge on any atom is 0.251 e. The van der Waals surface area contributed by atoms with Crippen molar-refractivity contribution in [2.45, 2.75) is 25.8 Å². The Kier molecular flexibility index (Phi) is 7.86. The quantitative estimate of drug-likeness (QED) is 0.791. The number of hydrogen-bond donors (Lipinski definition) is 2. The second kappa shape index (κ2) is 9.46.